The first-order valence-electron chi connectivity index (χ1n) is 5.72. The Morgan fingerprint density at radius 1 is 1.40 bits per heavy atom. The third-order valence-electron chi connectivity index (χ3n) is 2.80. The standard InChI is InChI=1S/C16H13ClNO.Y/c1-4-11-19-14-7-5-13(6-8-14)16-10-9-15(17)12(2)18(16)3;/h1,5-9H,2,11H2,3H3;/q-1;. The molecule has 4 heteroatoms. The molecular formula is C16H13ClNOY-. The molecule has 2 nitrogen and oxygen atoms in total. The van der Waals surface area contributed by atoms with Crippen molar-refractivity contribution in [3.63, 3.8) is 0 Å². The number of rotatable bonds is 3. The van der Waals surface area contributed by atoms with Gasteiger partial charge in [0.25, 0.3) is 0 Å². The summed E-state index contributed by atoms with van der Waals surface area (Å²) in [6.45, 7) is 4.20. The fourth-order valence-electron chi connectivity index (χ4n) is 1.72. The number of hydrogen-bond acceptors (Lipinski definition) is 2. The molecule has 2 rings (SSSR count). The summed E-state index contributed by atoms with van der Waals surface area (Å²) in [5.74, 6) is 3.17. The summed E-state index contributed by atoms with van der Waals surface area (Å²) < 4.78 is 5.33. The summed E-state index contributed by atoms with van der Waals surface area (Å²) >= 11 is 6.00. The van der Waals surface area contributed by atoms with Gasteiger partial charge >= 0.3 is 0 Å². The Labute approximate surface area is 150 Å². The van der Waals surface area contributed by atoms with Crippen LogP contribution < -0.4 is 4.74 Å². The number of ether oxygens (including phenoxy) is 1. The zero-order valence-electron chi connectivity index (χ0n) is 11.2. The molecule has 1 aliphatic heterocycles. The SMILES string of the molecule is C#CCOc1ccc(C2=[C-]C=C(Cl)C(=C)N2C)cc1.[Y]. The van der Waals surface area contributed by atoms with Gasteiger partial charge in [-0.3, -0.25) is 0 Å². The third kappa shape index (κ3) is 3.76. The van der Waals surface area contributed by atoms with E-state index in [0.29, 0.717) is 5.03 Å². The predicted molar refractivity (Wildman–Crippen MR) is 78.3 cm³/mol. The molecule has 0 aromatic heterocycles. The van der Waals surface area contributed by atoms with Gasteiger partial charge in [0.05, 0.1) is 0 Å². The first-order valence-corrected chi connectivity index (χ1v) is 6.10. The van der Waals surface area contributed by atoms with Crippen LogP contribution in [0.1, 0.15) is 5.56 Å². The Kier molecular flexibility index (Phi) is 6.56. The number of allylic oxidation sites excluding steroid dienone is 3. The summed E-state index contributed by atoms with van der Waals surface area (Å²) in [6, 6.07) is 7.64. The van der Waals surface area contributed by atoms with E-state index in [4.69, 9.17) is 22.8 Å². The van der Waals surface area contributed by atoms with Crippen LogP contribution in [0, 0.1) is 18.4 Å². The second-order valence-electron chi connectivity index (χ2n) is 4.01. The molecule has 0 amide bonds. The maximum atomic E-state index is 6.00. The third-order valence-corrected chi connectivity index (χ3v) is 3.13. The van der Waals surface area contributed by atoms with Crippen molar-refractivity contribution in [2.45, 2.75) is 0 Å². The molecular weight excluding hydrogens is 347 g/mol. The molecule has 0 bridgehead atoms. The molecule has 20 heavy (non-hydrogen) atoms. The number of halogens is 1. The Hall–Kier alpha value is -1.01. The van der Waals surface area contributed by atoms with Crippen molar-refractivity contribution < 1.29 is 37.4 Å². The van der Waals surface area contributed by atoms with Crippen molar-refractivity contribution >= 4 is 17.3 Å². The fourth-order valence-corrected chi connectivity index (χ4v) is 1.90. The van der Waals surface area contributed by atoms with E-state index >= 15 is 0 Å². The topological polar surface area (TPSA) is 12.5 Å². The normalized spacial score (nSPS) is 13.8. The molecule has 0 fully saturated rings. The van der Waals surface area contributed by atoms with Crippen molar-refractivity contribution in [1.82, 2.24) is 4.90 Å². The molecule has 0 saturated heterocycles. The molecule has 1 aliphatic rings. The molecule has 0 aliphatic carbocycles. The van der Waals surface area contributed by atoms with Crippen LogP contribution in [0.5, 0.6) is 5.75 Å². The van der Waals surface area contributed by atoms with E-state index in [2.05, 4.69) is 18.6 Å². The first-order chi connectivity index (χ1) is 9.13. The van der Waals surface area contributed by atoms with Gasteiger partial charge in [-0.1, -0.05) is 23.8 Å². The molecule has 0 N–H and O–H groups in total. The number of nitrogens with zero attached hydrogens (tertiary/aromatic N) is 1. The van der Waals surface area contributed by atoms with E-state index in [1.165, 1.54) is 0 Å². The molecule has 0 atom stereocenters. The molecule has 0 saturated carbocycles. The molecule has 99 valence electrons. The molecule has 0 spiro atoms. The van der Waals surface area contributed by atoms with E-state index < -0.39 is 0 Å². The minimum Gasteiger partial charge on any atom is -0.481 e. The molecule has 1 aromatic carbocycles. The number of terminal acetylenes is 1. The Morgan fingerprint density at radius 3 is 2.65 bits per heavy atom. The van der Waals surface area contributed by atoms with E-state index in [1.54, 1.807) is 6.08 Å². The van der Waals surface area contributed by atoms with Gasteiger partial charge in [-0.2, -0.15) is 23.8 Å². The Balaban J connectivity index is 0.00000200. The smallest absolute Gasteiger partial charge is 0.148 e. The quantitative estimate of drug-likeness (QED) is 0.606. The largest absolute Gasteiger partial charge is 0.481 e. The minimum atomic E-state index is 0. The van der Waals surface area contributed by atoms with Gasteiger partial charge in [-0.25, -0.2) is 0 Å². The van der Waals surface area contributed by atoms with Gasteiger partial charge in [-0.15, -0.1) is 18.6 Å². The zero-order valence-corrected chi connectivity index (χ0v) is 14.8. The minimum absolute atomic E-state index is 0. The average molecular weight is 360 g/mol. The maximum absolute atomic E-state index is 6.00. The van der Waals surface area contributed by atoms with Crippen molar-refractivity contribution in [3.05, 3.63) is 59.3 Å². The van der Waals surface area contributed by atoms with Crippen molar-refractivity contribution in [2.75, 3.05) is 13.7 Å². The summed E-state index contributed by atoms with van der Waals surface area (Å²) in [5, 5.41) is 0.597. The van der Waals surface area contributed by atoms with Gasteiger partial charge in [0.1, 0.15) is 12.4 Å². The van der Waals surface area contributed by atoms with Crippen LogP contribution in [0.2, 0.25) is 0 Å². The van der Waals surface area contributed by atoms with Crippen molar-refractivity contribution in [2.24, 2.45) is 0 Å². The molecule has 1 radical (unpaired) electrons. The Morgan fingerprint density at radius 2 is 2.05 bits per heavy atom. The van der Waals surface area contributed by atoms with Gasteiger partial charge < -0.3 is 9.64 Å². The fraction of sp³-hybridized carbons (Fsp3) is 0.125. The number of hydrogen-bond donors (Lipinski definition) is 0. The molecule has 1 aromatic rings. The van der Waals surface area contributed by atoms with Crippen LogP contribution in [0.3, 0.4) is 0 Å². The Bertz CT molecular complexity index is 596. The summed E-state index contributed by atoms with van der Waals surface area (Å²) in [7, 11) is 1.91. The average Bonchev–Trinajstić information content (AvgIpc) is 2.44. The predicted octanol–water partition coefficient (Wildman–Crippen LogP) is 3.42. The van der Waals surface area contributed by atoms with E-state index in [0.717, 1.165) is 22.7 Å². The van der Waals surface area contributed by atoms with Crippen LogP contribution in [0.25, 0.3) is 5.70 Å². The van der Waals surface area contributed by atoms with Crippen molar-refractivity contribution in [3.8, 4) is 18.1 Å². The van der Waals surface area contributed by atoms with Gasteiger partial charge in [0.2, 0.25) is 0 Å². The van der Waals surface area contributed by atoms with Gasteiger partial charge in [0, 0.05) is 39.8 Å². The number of likely N-dealkylation sites (N-methyl/N-ethyl adjacent to an activating group) is 1. The second-order valence-corrected chi connectivity index (χ2v) is 4.42. The van der Waals surface area contributed by atoms with Crippen LogP contribution in [-0.4, -0.2) is 18.6 Å². The van der Waals surface area contributed by atoms with Gasteiger partial charge in [-0.05, 0) is 22.9 Å². The van der Waals surface area contributed by atoms with E-state index in [9.17, 15) is 0 Å². The van der Waals surface area contributed by atoms with Crippen LogP contribution in [0.4, 0.5) is 0 Å². The first kappa shape index (κ1) is 17.0. The monoisotopic (exact) mass is 359 g/mol. The number of benzene rings is 1. The maximum Gasteiger partial charge on any atom is 0.148 e. The summed E-state index contributed by atoms with van der Waals surface area (Å²) in [5.41, 5.74) is 2.68. The van der Waals surface area contributed by atoms with Crippen molar-refractivity contribution in [1.29, 1.82) is 0 Å². The van der Waals surface area contributed by atoms with Gasteiger partial charge in [0.15, 0.2) is 0 Å². The summed E-state index contributed by atoms with van der Waals surface area (Å²) in [4.78, 5) is 1.90. The molecule has 0 unspecified atom stereocenters. The zero-order chi connectivity index (χ0) is 13.8. The van der Waals surface area contributed by atoms with E-state index in [1.807, 2.05) is 36.2 Å². The van der Waals surface area contributed by atoms with Crippen LogP contribution in [0.15, 0.2) is 47.6 Å². The summed E-state index contributed by atoms with van der Waals surface area (Å²) in [6.07, 6.45) is 10.0. The molecule has 1 heterocycles. The van der Waals surface area contributed by atoms with Crippen LogP contribution >= 0.6 is 11.6 Å². The van der Waals surface area contributed by atoms with E-state index in [-0.39, 0.29) is 39.3 Å². The second kappa shape index (κ2) is 7.69. The van der Waals surface area contributed by atoms with Crippen LogP contribution in [-0.2, 0) is 32.7 Å².